The van der Waals surface area contributed by atoms with Crippen LogP contribution in [-0.2, 0) is 10.0 Å². The molecule has 0 aliphatic heterocycles. The number of rotatable bonds is 6. The zero-order chi connectivity index (χ0) is 18.9. The van der Waals surface area contributed by atoms with Gasteiger partial charge >= 0.3 is 0 Å². The van der Waals surface area contributed by atoms with Crippen LogP contribution in [0.1, 0.15) is 0 Å². The molecule has 0 spiro atoms. The third-order valence-electron chi connectivity index (χ3n) is 3.96. The van der Waals surface area contributed by atoms with E-state index in [9.17, 15) is 8.42 Å². The maximum atomic E-state index is 12.8. The van der Waals surface area contributed by atoms with Crippen molar-refractivity contribution in [3.63, 3.8) is 0 Å². The van der Waals surface area contributed by atoms with Gasteiger partial charge in [0.1, 0.15) is 4.90 Å². The van der Waals surface area contributed by atoms with Gasteiger partial charge in [-0.15, -0.1) is 5.10 Å². The molecule has 0 saturated carbocycles. The molecule has 3 aromatic rings. The van der Waals surface area contributed by atoms with Crippen LogP contribution in [0.2, 0.25) is 0 Å². The van der Waals surface area contributed by atoms with Gasteiger partial charge in [-0.25, -0.2) is 12.9 Å². The van der Waals surface area contributed by atoms with Gasteiger partial charge in [0.2, 0.25) is 16.0 Å². The number of hydrogen-bond acceptors (Lipinski definition) is 7. The number of likely N-dealkylation sites (N-methyl/N-ethyl adjacent to an activating group) is 2. The molecule has 9 nitrogen and oxygen atoms in total. The second kappa shape index (κ2) is 6.98. The van der Waals surface area contributed by atoms with Crippen LogP contribution in [-0.4, -0.2) is 71.4 Å². The zero-order valence-electron chi connectivity index (χ0n) is 14.9. The van der Waals surface area contributed by atoms with E-state index >= 15 is 0 Å². The van der Waals surface area contributed by atoms with Crippen molar-refractivity contribution in [3.8, 4) is 11.1 Å². The molecule has 138 valence electrons. The molecule has 0 saturated heterocycles. The molecule has 0 amide bonds. The molecule has 0 bridgehead atoms. The second-order valence-corrected chi connectivity index (χ2v) is 8.27. The first-order valence-electron chi connectivity index (χ1n) is 7.96. The molecule has 0 aliphatic rings. The van der Waals surface area contributed by atoms with Crippen LogP contribution < -0.4 is 5.73 Å². The molecule has 0 aliphatic carbocycles. The highest BCUT2D eigenvalue weighted by Crippen LogP contribution is 2.23. The third-order valence-corrected chi connectivity index (χ3v) is 5.79. The van der Waals surface area contributed by atoms with Crippen molar-refractivity contribution in [2.45, 2.75) is 4.90 Å². The van der Waals surface area contributed by atoms with Crippen LogP contribution in [0.5, 0.6) is 0 Å². The third kappa shape index (κ3) is 3.66. The molecular weight excluding hydrogens is 354 g/mol. The number of fused-ring (bicyclic) bond motifs is 1. The number of sulfonamides is 1. The highest BCUT2D eigenvalue weighted by Gasteiger charge is 2.21. The van der Waals surface area contributed by atoms with Crippen molar-refractivity contribution in [1.29, 1.82) is 0 Å². The summed E-state index contributed by atoms with van der Waals surface area (Å²) < 4.78 is 28.4. The fourth-order valence-electron chi connectivity index (χ4n) is 2.43. The van der Waals surface area contributed by atoms with E-state index in [1.165, 1.54) is 10.5 Å². The lowest BCUT2D eigenvalue weighted by Crippen LogP contribution is -2.33. The first kappa shape index (κ1) is 18.2. The highest BCUT2D eigenvalue weighted by molar-refractivity contribution is 7.89. The predicted molar refractivity (Wildman–Crippen MR) is 99.0 cm³/mol. The van der Waals surface area contributed by atoms with Gasteiger partial charge in [0.05, 0.1) is 0 Å². The van der Waals surface area contributed by atoms with Crippen LogP contribution >= 0.6 is 0 Å². The summed E-state index contributed by atoms with van der Waals surface area (Å²) in [5.41, 5.74) is 7.65. The summed E-state index contributed by atoms with van der Waals surface area (Å²) in [7, 11) is 1.75. The maximum Gasteiger partial charge on any atom is 0.244 e. The SMILES string of the molecule is CN(C)CCN(C)S(=O)(=O)c1cncc(-c2ccc3nc(N)nn3c2)c1. The molecular formula is C16H21N7O2S. The molecule has 10 heteroatoms. The minimum atomic E-state index is -3.61. The average molecular weight is 375 g/mol. The smallest absolute Gasteiger partial charge is 0.244 e. The first-order valence-corrected chi connectivity index (χ1v) is 9.40. The van der Waals surface area contributed by atoms with E-state index in [1.807, 2.05) is 25.1 Å². The topological polar surface area (TPSA) is 110 Å². The summed E-state index contributed by atoms with van der Waals surface area (Å²) >= 11 is 0. The van der Waals surface area contributed by atoms with Gasteiger partial charge in [-0.05, 0) is 32.3 Å². The van der Waals surface area contributed by atoms with Crippen molar-refractivity contribution in [1.82, 2.24) is 28.8 Å². The fourth-order valence-corrected chi connectivity index (χ4v) is 3.58. The summed E-state index contributed by atoms with van der Waals surface area (Å²) in [4.78, 5) is 10.3. The molecule has 0 atom stereocenters. The normalized spacial score (nSPS) is 12.3. The Labute approximate surface area is 152 Å². The van der Waals surface area contributed by atoms with Crippen molar-refractivity contribution < 1.29 is 8.42 Å². The van der Waals surface area contributed by atoms with Crippen LogP contribution in [0.25, 0.3) is 16.8 Å². The zero-order valence-corrected chi connectivity index (χ0v) is 15.7. The molecule has 3 aromatic heterocycles. The summed E-state index contributed by atoms with van der Waals surface area (Å²) in [5.74, 6) is 0.180. The number of nitrogen functional groups attached to an aromatic ring is 1. The number of nitrogens with two attached hydrogens (primary N) is 1. The van der Waals surface area contributed by atoms with Crippen molar-refractivity contribution in [2.24, 2.45) is 0 Å². The van der Waals surface area contributed by atoms with Gasteiger partial charge in [-0.3, -0.25) is 4.98 Å². The highest BCUT2D eigenvalue weighted by atomic mass is 32.2. The number of pyridine rings is 2. The molecule has 0 radical (unpaired) electrons. The lowest BCUT2D eigenvalue weighted by molar-refractivity contribution is 0.358. The van der Waals surface area contributed by atoms with Gasteiger partial charge in [0.25, 0.3) is 0 Å². The molecule has 0 aromatic carbocycles. The lowest BCUT2D eigenvalue weighted by atomic mass is 10.1. The Kier molecular flexibility index (Phi) is 4.90. The summed E-state index contributed by atoms with van der Waals surface area (Å²) in [6.45, 7) is 1.02. The Morgan fingerprint density at radius 3 is 2.62 bits per heavy atom. The molecule has 3 heterocycles. The Hall–Kier alpha value is -2.56. The first-order chi connectivity index (χ1) is 12.3. The fraction of sp³-hybridized carbons (Fsp3) is 0.312. The molecule has 26 heavy (non-hydrogen) atoms. The van der Waals surface area contributed by atoms with Gasteiger partial charge in [0, 0.05) is 49.9 Å². The number of anilines is 1. The van der Waals surface area contributed by atoms with Crippen LogP contribution in [0.4, 0.5) is 5.95 Å². The van der Waals surface area contributed by atoms with Crippen LogP contribution in [0, 0.1) is 0 Å². The van der Waals surface area contributed by atoms with E-state index < -0.39 is 10.0 Å². The van der Waals surface area contributed by atoms with Gasteiger partial charge < -0.3 is 10.6 Å². The minimum Gasteiger partial charge on any atom is -0.366 e. The minimum absolute atomic E-state index is 0.148. The van der Waals surface area contributed by atoms with Crippen LogP contribution in [0.15, 0.2) is 41.7 Å². The Bertz CT molecular complexity index is 1030. The quantitative estimate of drug-likeness (QED) is 0.670. The van der Waals surface area contributed by atoms with Gasteiger partial charge in [-0.2, -0.15) is 9.29 Å². The largest absolute Gasteiger partial charge is 0.366 e. The van der Waals surface area contributed by atoms with E-state index in [1.54, 1.807) is 36.1 Å². The van der Waals surface area contributed by atoms with Crippen molar-refractivity contribution >= 4 is 21.6 Å². The van der Waals surface area contributed by atoms with E-state index in [0.717, 1.165) is 5.56 Å². The monoisotopic (exact) mass is 375 g/mol. The summed E-state index contributed by atoms with van der Waals surface area (Å²) in [6, 6.07) is 5.20. The molecule has 0 unspecified atom stereocenters. The number of nitrogens with zero attached hydrogens (tertiary/aromatic N) is 6. The average Bonchev–Trinajstić information content (AvgIpc) is 2.98. The van der Waals surface area contributed by atoms with E-state index in [4.69, 9.17) is 5.73 Å². The standard InChI is InChI=1S/C16H21N7O2S/c1-21(2)6-7-22(3)26(24,25)14-8-13(9-18-10-14)12-4-5-15-19-16(17)20-23(15)11-12/h4-5,8-11H,6-7H2,1-3H3,(H2,17,20). The predicted octanol–water partition coefficient (Wildman–Crippen LogP) is 0.556. The van der Waals surface area contributed by atoms with Crippen LogP contribution in [0.3, 0.4) is 0 Å². The maximum absolute atomic E-state index is 12.8. The lowest BCUT2D eigenvalue weighted by Gasteiger charge is -2.19. The Morgan fingerprint density at radius 1 is 1.12 bits per heavy atom. The molecule has 3 rings (SSSR count). The van der Waals surface area contributed by atoms with Gasteiger partial charge in [0.15, 0.2) is 5.65 Å². The molecule has 0 fully saturated rings. The van der Waals surface area contributed by atoms with Crippen molar-refractivity contribution in [3.05, 3.63) is 36.8 Å². The van der Waals surface area contributed by atoms with E-state index in [0.29, 0.717) is 24.3 Å². The van der Waals surface area contributed by atoms with Gasteiger partial charge in [-0.1, -0.05) is 0 Å². The summed E-state index contributed by atoms with van der Waals surface area (Å²) in [5, 5.41) is 4.07. The Balaban J connectivity index is 1.93. The molecule has 2 N–H and O–H groups in total. The summed E-state index contributed by atoms with van der Waals surface area (Å²) in [6.07, 6.45) is 4.71. The Morgan fingerprint density at radius 2 is 1.88 bits per heavy atom. The van der Waals surface area contributed by atoms with Crippen molar-refractivity contribution in [2.75, 3.05) is 40.0 Å². The number of aromatic nitrogens is 4. The number of hydrogen-bond donors (Lipinski definition) is 1. The van der Waals surface area contributed by atoms with E-state index in [-0.39, 0.29) is 10.8 Å². The van der Waals surface area contributed by atoms with E-state index in [2.05, 4.69) is 15.1 Å². The second-order valence-electron chi connectivity index (χ2n) is 6.23.